The second-order valence-electron chi connectivity index (χ2n) is 7.21. The predicted octanol–water partition coefficient (Wildman–Crippen LogP) is 4.40. The standard InChI is InChI=1S/C21H15BrF3N7O3S/c1-10-29-32(19(27)36-10)15-6-5-12(8-14(15)22)28-20(34)35-17-9-16(21(23,24)25)30-31(17)13-4-2-3-11(7-13)18(26)33/h2-9,27H,1H3,(H2,26,33)(H,28,34). The molecule has 0 radical (unpaired) electrons. The van der Waals surface area contributed by atoms with Crippen molar-refractivity contribution in [3.8, 4) is 17.3 Å². The number of carbonyl (C=O) groups excluding carboxylic acids is 2. The van der Waals surface area contributed by atoms with Crippen LogP contribution >= 0.6 is 27.3 Å². The van der Waals surface area contributed by atoms with E-state index in [1.54, 1.807) is 13.0 Å². The zero-order valence-corrected chi connectivity index (χ0v) is 20.5. The number of hydrogen-bond acceptors (Lipinski definition) is 7. The van der Waals surface area contributed by atoms with E-state index >= 15 is 0 Å². The SMILES string of the molecule is Cc1nn(-c2ccc(NC(=O)Oc3cc(C(F)(F)F)nn3-c3cccc(C(N)=O)c3)cc2Br)c(=N)s1. The number of benzene rings is 2. The lowest BCUT2D eigenvalue weighted by atomic mass is 10.2. The first-order valence-electron chi connectivity index (χ1n) is 9.90. The Hall–Kier alpha value is -3.98. The van der Waals surface area contributed by atoms with Crippen molar-refractivity contribution in [3.05, 3.63) is 74.1 Å². The molecular weight excluding hydrogens is 567 g/mol. The monoisotopic (exact) mass is 581 g/mol. The van der Waals surface area contributed by atoms with Crippen LogP contribution in [0.3, 0.4) is 0 Å². The van der Waals surface area contributed by atoms with Gasteiger partial charge in [0.05, 0.1) is 11.4 Å². The molecule has 4 N–H and O–H groups in total. The molecule has 0 saturated carbocycles. The van der Waals surface area contributed by atoms with Crippen LogP contribution in [0.5, 0.6) is 5.88 Å². The molecular formula is C21H15BrF3N7O3S. The number of nitrogens with two attached hydrogens (primary N) is 1. The Morgan fingerprint density at radius 1 is 1.14 bits per heavy atom. The maximum absolute atomic E-state index is 13.3. The van der Waals surface area contributed by atoms with E-state index in [1.165, 1.54) is 52.4 Å². The fourth-order valence-corrected chi connectivity index (χ4v) is 4.27. The number of amides is 2. The first-order valence-corrected chi connectivity index (χ1v) is 11.5. The third-order valence-corrected chi connectivity index (χ3v) is 6.02. The van der Waals surface area contributed by atoms with E-state index in [9.17, 15) is 22.8 Å². The van der Waals surface area contributed by atoms with Crippen LogP contribution in [-0.2, 0) is 6.18 Å². The van der Waals surface area contributed by atoms with Gasteiger partial charge in [-0.3, -0.25) is 15.5 Å². The molecule has 10 nitrogen and oxygen atoms in total. The van der Waals surface area contributed by atoms with Crippen LogP contribution in [-0.4, -0.2) is 31.6 Å². The molecule has 0 aliphatic rings. The van der Waals surface area contributed by atoms with Gasteiger partial charge in [0.1, 0.15) is 5.01 Å². The van der Waals surface area contributed by atoms with Crippen molar-refractivity contribution in [1.29, 1.82) is 5.41 Å². The highest BCUT2D eigenvalue weighted by Gasteiger charge is 2.36. The van der Waals surface area contributed by atoms with Crippen LogP contribution in [0.25, 0.3) is 11.4 Å². The molecule has 0 spiro atoms. The lowest BCUT2D eigenvalue weighted by Crippen LogP contribution is -2.19. The Morgan fingerprint density at radius 2 is 1.89 bits per heavy atom. The Balaban J connectivity index is 1.60. The number of anilines is 1. The molecule has 0 unspecified atom stereocenters. The largest absolute Gasteiger partial charge is 0.435 e. The fraction of sp³-hybridized carbons (Fsp3) is 0.0952. The smallest absolute Gasteiger partial charge is 0.391 e. The molecule has 36 heavy (non-hydrogen) atoms. The fourth-order valence-electron chi connectivity index (χ4n) is 3.10. The maximum Gasteiger partial charge on any atom is 0.435 e. The second-order valence-corrected chi connectivity index (χ2v) is 9.25. The zero-order chi connectivity index (χ0) is 26.2. The Labute approximate surface area is 212 Å². The van der Waals surface area contributed by atoms with E-state index in [0.717, 1.165) is 4.68 Å². The summed E-state index contributed by atoms with van der Waals surface area (Å²) in [4.78, 5) is 24.2. The highest BCUT2D eigenvalue weighted by Crippen LogP contribution is 2.32. The van der Waals surface area contributed by atoms with Gasteiger partial charge in [-0.25, -0.2) is 9.48 Å². The number of aryl methyl sites for hydroxylation is 1. The van der Waals surface area contributed by atoms with Gasteiger partial charge in [0, 0.05) is 21.8 Å². The molecule has 2 heterocycles. The minimum absolute atomic E-state index is 0.0264. The summed E-state index contributed by atoms with van der Waals surface area (Å²) in [6.45, 7) is 1.76. The van der Waals surface area contributed by atoms with Gasteiger partial charge in [-0.05, 0) is 59.3 Å². The summed E-state index contributed by atoms with van der Waals surface area (Å²) in [5.74, 6) is -1.33. The molecule has 0 bridgehead atoms. The molecule has 2 aromatic carbocycles. The van der Waals surface area contributed by atoms with Gasteiger partial charge in [0.15, 0.2) is 5.69 Å². The van der Waals surface area contributed by atoms with Gasteiger partial charge in [0.2, 0.25) is 16.6 Å². The summed E-state index contributed by atoms with van der Waals surface area (Å²) in [5.41, 5.74) is 4.80. The number of nitrogens with zero attached hydrogens (tertiary/aromatic N) is 4. The van der Waals surface area contributed by atoms with Crippen molar-refractivity contribution < 1.29 is 27.5 Å². The first kappa shape index (κ1) is 25.1. The number of aromatic nitrogens is 4. The Kier molecular flexibility index (Phi) is 6.69. The molecule has 186 valence electrons. The molecule has 0 fully saturated rings. The quantitative estimate of drug-likeness (QED) is 0.320. The summed E-state index contributed by atoms with van der Waals surface area (Å²) in [6.07, 6.45) is -5.90. The highest BCUT2D eigenvalue weighted by atomic mass is 79.9. The first-order chi connectivity index (χ1) is 16.9. The van der Waals surface area contributed by atoms with E-state index in [0.29, 0.717) is 21.2 Å². The predicted molar refractivity (Wildman–Crippen MR) is 126 cm³/mol. The van der Waals surface area contributed by atoms with Gasteiger partial charge < -0.3 is 10.5 Å². The number of halogens is 4. The molecule has 2 aromatic heterocycles. The van der Waals surface area contributed by atoms with Crippen LogP contribution in [0.4, 0.5) is 23.7 Å². The van der Waals surface area contributed by atoms with Crippen LogP contribution in [0.15, 0.2) is 53.0 Å². The van der Waals surface area contributed by atoms with Gasteiger partial charge in [0.25, 0.3) is 0 Å². The van der Waals surface area contributed by atoms with Gasteiger partial charge in [-0.2, -0.15) is 28.1 Å². The average Bonchev–Trinajstić information content (AvgIpc) is 3.36. The summed E-state index contributed by atoms with van der Waals surface area (Å²) in [7, 11) is 0. The summed E-state index contributed by atoms with van der Waals surface area (Å²) < 4.78 is 47.7. The number of alkyl halides is 3. The molecule has 0 aliphatic carbocycles. The minimum atomic E-state index is -4.82. The number of primary amides is 1. The topological polar surface area (TPSA) is 141 Å². The van der Waals surface area contributed by atoms with Gasteiger partial charge >= 0.3 is 12.3 Å². The molecule has 0 atom stereocenters. The molecule has 2 amide bonds. The Morgan fingerprint density at radius 3 is 2.50 bits per heavy atom. The van der Waals surface area contributed by atoms with Crippen molar-refractivity contribution >= 4 is 45.0 Å². The summed E-state index contributed by atoms with van der Waals surface area (Å²) in [6, 6.07) is 10.6. The number of hydrogen-bond donors (Lipinski definition) is 3. The average molecular weight is 582 g/mol. The van der Waals surface area contributed by atoms with E-state index in [1.807, 2.05) is 0 Å². The van der Waals surface area contributed by atoms with Crippen LogP contribution in [0.2, 0.25) is 0 Å². The molecule has 4 rings (SSSR count). The summed E-state index contributed by atoms with van der Waals surface area (Å²) in [5, 5.41) is 18.8. The second kappa shape index (κ2) is 9.58. The van der Waals surface area contributed by atoms with Crippen molar-refractivity contribution in [2.75, 3.05) is 5.32 Å². The number of nitrogens with one attached hydrogen (secondary N) is 2. The lowest BCUT2D eigenvalue weighted by molar-refractivity contribution is -0.141. The maximum atomic E-state index is 13.3. The van der Waals surface area contributed by atoms with E-state index in [-0.39, 0.29) is 21.7 Å². The van der Waals surface area contributed by atoms with Crippen LogP contribution in [0, 0.1) is 12.3 Å². The molecule has 4 aromatic rings. The Bertz CT molecular complexity index is 1540. The van der Waals surface area contributed by atoms with Gasteiger partial charge in [-0.1, -0.05) is 17.4 Å². The summed E-state index contributed by atoms with van der Waals surface area (Å²) >= 11 is 4.55. The molecule has 0 aliphatic heterocycles. The molecule has 0 saturated heterocycles. The van der Waals surface area contributed by atoms with Crippen molar-refractivity contribution in [2.45, 2.75) is 13.1 Å². The number of rotatable bonds is 5. The van der Waals surface area contributed by atoms with Crippen molar-refractivity contribution in [2.24, 2.45) is 5.73 Å². The zero-order valence-electron chi connectivity index (χ0n) is 18.1. The third-order valence-electron chi connectivity index (χ3n) is 4.64. The minimum Gasteiger partial charge on any atom is -0.391 e. The number of carbonyl (C=O) groups is 2. The van der Waals surface area contributed by atoms with Crippen molar-refractivity contribution in [1.82, 2.24) is 19.6 Å². The lowest BCUT2D eigenvalue weighted by Gasteiger charge is -2.11. The third kappa shape index (κ3) is 5.31. The van der Waals surface area contributed by atoms with E-state index in [2.05, 4.69) is 31.4 Å². The normalized spacial score (nSPS) is 11.4. The number of ether oxygens (including phenoxy) is 1. The van der Waals surface area contributed by atoms with Crippen LogP contribution in [0.1, 0.15) is 21.1 Å². The molecule has 15 heteroatoms. The van der Waals surface area contributed by atoms with E-state index < -0.39 is 29.8 Å². The van der Waals surface area contributed by atoms with Crippen molar-refractivity contribution in [3.63, 3.8) is 0 Å². The highest BCUT2D eigenvalue weighted by molar-refractivity contribution is 9.10. The van der Waals surface area contributed by atoms with Crippen LogP contribution < -0.4 is 20.6 Å². The van der Waals surface area contributed by atoms with Gasteiger partial charge in [-0.15, -0.1) is 0 Å². The van der Waals surface area contributed by atoms with E-state index in [4.69, 9.17) is 15.9 Å².